The Morgan fingerprint density at radius 3 is 2.58 bits per heavy atom. The lowest BCUT2D eigenvalue weighted by molar-refractivity contribution is -0.146. The summed E-state index contributed by atoms with van der Waals surface area (Å²) in [5, 5.41) is 8.01. The van der Waals surface area contributed by atoms with Crippen molar-refractivity contribution in [2.75, 3.05) is 23.5 Å². The topological polar surface area (TPSA) is 107 Å². The van der Waals surface area contributed by atoms with Crippen molar-refractivity contribution in [1.82, 2.24) is 0 Å². The molecule has 0 aromatic heterocycles. The number of anilines is 2. The van der Waals surface area contributed by atoms with Gasteiger partial charge in [-0.2, -0.15) is 5.10 Å². The minimum Gasteiger partial charge on any atom is -0.486 e. The first-order valence-corrected chi connectivity index (χ1v) is 9.88. The predicted octanol–water partition coefficient (Wildman–Crippen LogP) is 2.51. The molecule has 0 fully saturated rings. The second-order valence-electron chi connectivity index (χ2n) is 6.98. The van der Waals surface area contributed by atoms with Crippen LogP contribution in [0.15, 0.2) is 53.6 Å². The maximum atomic E-state index is 12.5. The van der Waals surface area contributed by atoms with Gasteiger partial charge in [-0.1, -0.05) is 18.2 Å². The maximum Gasteiger partial charge on any atom is 0.355 e. The minimum absolute atomic E-state index is 0.0856. The van der Waals surface area contributed by atoms with Crippen molar-refractivity contribution in [2.24, 2.45) is 5.10 Å². The summed E-state index contributed by atoms with van der Waals surface area (Å²) < 4.78 is 16.2. The summed E-state index contributed by atoms with van der Waals surface area (Å²) in [6.45, 7) is 2.38. The zero-order valence-corrected chi connectivity index (χ0v) is 16.9. The molecule has 31 heavy (non-hydrogen) atoms. The van der Waals surface area contributed by atoms with Gasteiger partial charge in [-0.05, 0) is 31.2 Å². The van der Waals surface area contributed by atoms with Gasteiger partial charge in [0, 0.05) is 24.6 Å². The quantitative estimate of drug-likeness (QED) is 0.741. The molecule has 160 valence electrons. The Balaban J connectivity index is 1.39. The van der Waals surface area contributed by atoms with E-state index in [-0.39, 0.29) is 24.5 Å². The Kier molecular flexibility index (Phi) is 5.83. The van der Waals surface area contributed by atoms with Crippen LogP contribution in [0.2, 0.25) is 0 Å². The summed E-state index contributed by atoms with van der Waals surface area (Å²) in [5.74, 6) is -0.310. The van der Waals surface area contributed by atoms with E-state index < -0.39 is 18.0 Å². The highest BCUT2D eigenvalue weighted by atomic mass is 16.6. The molecular weight excluding hydrogens is 402 g/mol. The third-order valence-corrected chi connectivity index (χ3v) is 4.73. The van der Waals surface area contributed by atoms with E-state index in [1.165, 1.54) is 11.9 Å². The number of carbonyl (C=O) groups excluding carboxylic acids is 3. The maximum absolute atomic E-state index is 12.5. The van der Waals surface area contributed by atoms with E-state index in [1.54, 1.807) is 42.5 Å². The van der Waals surface area contributed by atoms with E-state index >= 15 is 0 Å². The van der Waals surface area contributed by atoms with Gasteiger partial charge in [-0.15, -0.1) is 0 Å². The zero-order chi connectivity index (χ0) is 21.8. The van der Waals surface area contributed by atoms with Gasteiger partial charge in [0.25, 0.3) is 5.91 Å². The fourth-order valence-electron chi connectivity index (χ4n) is 3.12. The van der Waals surface area contributed by atoms with Gasteiger partial charge in [0.2, 0.25) is 5.91 Å². The summed E-state index contributed by atoms with van der Waals surface area (Å²) in [4.78, 5) is 37.2. The molecule has 2 aromatic carbocycles. The van der Waals surface area contributed by atoms with Crippen LogP contribution >= 0.6 is 0 Å². The molecule has 2 aliphatic rings. The van der Waals surface area contributed by atoms with Crippen LogP contribution in [0.1, 0.15) is 19.8 Å². The summed E-state index contributed by atoms with van der Waals surface area (Å²) in [6, 6.07) is 13.8. The number of nitrogens with zero attached hydrogens (tertiary/aromatic N) is 2. The Labute approximate surface area is 178 Å². The highest BCUT2D eigenvalue weighted by Gasteiger charge is 2.28. The van der Waals surface area contributed by atoms with E-state index in [2.05, 4.69) is 10.4 Å². The van der Waals surface area contributed by atoms with Crippen LogP contribution in [0.3, 0.4) is 0 Å². The van der Waals surface area contributed by atoms with Gasteiger partial charge in [-0.3, -0.25) is 9.59 Å². The fourth-order valence-corrected chi connectivity index (χ4v) is 3.12. The zero-order valence-electron chi connectivity index (χ0n) is 16.9. The van der Waals surface area contributed by atoms with Gasteiger partial charge in [0.05, 0.1) is 5.69 Å². The van der Waals surface area contributed by atoms with Gasteiger partial charge < -0.3 is 19.5 Å². The van der Waals surface area contributed by atoms with Crippen LogP contribution in [0.4, 0.5) is 11.4 Å². The molecule has 2 amide bonds. The van der Waals surface area contributed by atoms with Gasteiger partial charge in [-0.25, -0.2) is 9.80 Å². The van der Waals surface area contributed by atoms with Crippen molar-refractivity contribution in [1.29, 1.82) is 0 Å². The number of para-hydroxylation sites is 1. The van der Waals surface area contributed by atoms with E-state index in [9.17, 15) is 14.4 Å². The number of ether oxygens (including phenoxy) is 3. The molecular formula is C22H21N3O6. The molecule has 0 bridgehead atoms. The third-order valence-electron chi connectivity index (χ3n) is 4.73. The van der Waals surface area contributed by atoms with Crippen LogP contribution < -0.4 is 19.8 Å². The first-order chi connectivity index (χ1) is 15.0. The Morgan fingerprint density at radius 2 is 1.81 bits per heavy atom. The number of fused-ring (bicyclic) bond motifs is 1. The van der Waals surface area contributed by atoms with Crippen molar-refractivity contribution in [3.8, 4) is 11.5 Å². The predicted molar refractivity (Wildman–Crippen MR) is 112 cm³/mol. The molecule has 0 radical (unpaired) electrons. The number of hydrogen-bond acceptors (Lipinski definition) is 7. The van der Waals surface area contributed by atoms with E-state index in [1.807, 2.05) is 6.07 Å². The van der Waals surface area contributed by atoms with E-state index in [0.29, 0.717) is 36.1 Å². The molecule has 0 saturated carbocycles. The number of amides is 2. The van der Waals surface area contributed by atoms with Crippen LogP contribution in [-0.2, 0) is 19.1 Å². The second kappa shape index (κ2) is 8.86. The van der Waals surface area contributed by atoms with Crippen LogP contribution in [-0.4, -0.2) is 42.8 Å². The first kappa shape index (κ1) is 20.4. The highest BCUT2D eigenvalue weighted by molar-refractivity contribution is 6.38. The molecule has 9 heteroatoms. The molecule has 1 N–H and O–H groups in total. The van der Waals surface area contributed by atoms with Crippen LogP contribution in [0, 0.1) is 0 Å². The lowest BCUT2D eigenvalue weighted by atomic mass is 10.1. The first-order valence-electron chi connectivity index (χ1n) is 9.88. The average Bonchev–Trinajstić information content (AvgIpc) is 2.79. The number of rotatable bonds is 5. The van der Waals surface area contributed by atoms with E-state index in [0.717, 1.165) is 0 Å². The Morgan fingerprint density at radius 1 is 1.06 bits per heavy atom. The molecule has 0 aliphatic carbocycles. The number of esters is 1. The van der Waals surface area contributed by atoms with Gasteiger partial charge >= 0.3 is 5.97 Å². The lowest BCUT2D eigenvalue weighted by Crippen LogP contribution is -2.37. The average molecular weight is 423 g/mol. The van der Waals surface area contributed by atoms with Crippen molar-refractivity contribution in [3.63, 3.8) is 0 Å². The normalized spacial score (nSPS) is 16.2. The molecule has 0 saturated heterocycles. The molecule has 2 aliphatic heterocycles. The Bertz CT molecular complexity index is 1040. The van der Waals surface area contributed by atoms with Crippen molar-refractivity contribution >= 4 is 34.9 Å². The standard InChI is InChI=1S/C22H21N3O6/c1-14(21(27)23-15-7-9-18-19(13-15)30-12-11-29-18)31-22(28)17-8-10-20(26)25(24-17)16-5-3-2-4-6-16/h2-7,9,13-14H,8,10-12H2,1H3,(H,23,27)/t14-/m0/s1. The molecule has 2 heterocycles. The van der Waals surface area contributed by atoms with Crippen LogP contribution in [0.5, 0.6) is 11.5 Å². The summed E-state index contributed by atoms with van der Waals surface area (Å²) in [6.07, 6.45) is -0.788. The Hall–Kier alpha value is -3.88. The fraction of sp³-hybridized carbons (Fsp3) is 0.273. The number of hydrazone groups is 1. The van der Waals surface area contributed by atoms with E-state index in [4.69, 9.17) is 14.2 Å². The SMILES string of the molecule is C[C@H](OC(=O)C1=NN(c2ccccc2)C(=O)CC1)C(=O)Nc1ccc2c(c1)OCCO2. The smallest absolute Gasteiger partial charge is 0.355 e. The summed E-state index contributed by atoms with van der Waals surface area (Å²) in [7, 11) is 0. The van der Waals surface area contributed by atoms with Crippen molar-refractivity contribution < 1.29 is 28.6 Å². The summed E-state index contributed by atoms with van der Waals surface area (Å²) >= 11 is 0. The van der Waals surface area contributed by atoms with Crippen molar-refractivity contribution in [2.45, 2.75) is 25.9 Å². The van der Waals surface area contributed by atoms with Gasteiger partial charge in [0.1, 0.15) is 18.9 Å². The monoisotopic (exact) mass is 423 g/mol. The number of nitrogens with one attached hydrogen (secondary N) is 1. The molecule has 9 nitrogen and oxygen atoms in total. The molecule has 4 rings (SSSR count). The van der Waals surface area contributed by atoms with Gasteiger partial charge in [0.15, 0.2) is 17.6 Å². The third kappa shape index (κ3) is 4.66. The highest BCUT2D eigenvalue weighted by Crippen LogP contribution is 2.32. The molecule has 0 spiro atoms. The molecule has 0 unspecified atom stereocenters. The van der Waals surface area contributed by atoms with Crippen LogP contribution in [0.25, 0.3) is 0 Å². The second-order valence-corrected chi connectivity index (χ2v) is 6.98. The largest absolute Gasteiger partial charge is 0.486 e. The molecule has 2 aromatic rings. The number of hydrogen-bond donors (Lipinski definition) is 1. The lowest BCUT2D eigenvalue weighted by Gasteiger charge is -2.23. The number of carbonyl (C=O) groups is 3. The number of benzene rings is 2. The van der Waals surface area contributed by atoms with Crippen molar-refractivity contribution in [3.05, 3.63) is 48.5 Å². The molecule has 1 atom stereocenters. The minimum atomic E-state index is -1.06. The summed E-state index contributed by atoms with van der Waals surface area (Å²) in [5.41, 5.74) is 1.14.